The first kappa shape index (κ1) is 14.6. The monoisotopic (exact) mass is 325 g/mol. The minimum absolute atomic E-state index is 0.263. The zero-order valence-corrected chi connectivity index (χ0v) is 14.6. The normalized spacial score (nSPS) is 21.9. The Balaban J connectivity index is 1.89. The molecule has 1 fully saturated rings. The average Bonchev–Trinajstić information content (AvgIpc) is 2.88. The highest BCUT2D eigenvalue weighted by atomic mass is 35.5. The number of nitrogens with one attached hydrogen (secondary N) is 1. The van der Waals surface area contributed by atoms with E-state index in [1.54, 1.807) is 22.7 Å². The van der Waals surface area contributed by atoms with Crippen molar-refractivity contribution in [3.05, 3.63) is 43.7 Å². The summed E-state index contributed by atoms with van der Waals surface area (Å²) in [7, 11) is 0. The zero-order chi connectivity index (χ0) is 14.5. The number of hydrogen-bond acceptors (Lipinski definition) is 3. The van der Waals surface area contributed by atoms with Crippen LogP contribution in [0.2, 0.25) is 4.34 Å². The fourth-order valence-corrected chi connectivity index (χ4v) is 5.04. The second kappa shape index (κ2) is 4.84. The molecule has 3 rings (SSSR count). The largest absolute Gasteiger partial charge is 0.301 e. The molecule has 0 radical (unpaired) electrons. The maximum absolute atomic E-state index is 6.12. The summed E-state index contributed by atoms with van der Waals surface area (Å²) in [6.07, 6.45) is 0. The summed E-state index contributed by atoms with van der Waals surface area (Å²) in [5, 5.41) is 6.01. The van der Waals surface area contributed by atoms with Crippen LogP contribution in [-0.4, -0.2) is 6.04 Å². The van der Waals surface area contributed by atoms with Gasteiger partial charge in [0.05, 0.1) is 10.4 Å². The fourth-order valence-electron chi connectivity index (χ4n) is 3.02. The predicted octanol–water partition coefficient (Wildman–Crippen LogP) is 5.58. The Kier molecular flexibility index (Phi) is 3.53. The molecular weight excluding hydrogens is 306 g/mol. The molecule has 4 heteroatoms. The van der Waals surface area contributed by atoms with Crippen molar-refractivity contribution < 1.29 is 0 Å². The molecule has 2 aromatic heterocycles. The van der Waals surface area contributed by atoms with Crippen LogP contribution >= 0.6 is 34.3 Å². The Morgan fingerprint density at radius 1 is 1.10 bits per heavy atom. The quantitative estimate of drug-likeness (QED) is 0.774. The SMILES string of the molecule is CC1(C)C(NC(c2cccs2)c2ccc(Cl)s2)C1(C)C. The summed E-state index contributed by atoms with van der Waals surface area (Å²) < 4.78 is 0.859. The number of rotatable bonds is 4. The molecule has 0 aromatic carbocycles. The van der Waals surface area contributed by atoms with Gasteiger partial charge in [0.25, 0.3) is 0 Å². The highest BCUT2D eigenvalue weighted by Gasteiger charge is 2.65. The molecule has 1 nitrogen and oxygen atoms in total. The predicted molar refractivity (Wildman–Crippen MR) is 90.0 cm³/mol. The lowest BCUT2D eigenvalue weighted by Crippen LogP contribution is -2.27. The van der Waals surface area contributed by atoms with E-state index in [-0.39, 0.29) is 6.04 Å². The minimum Gasteiger partial charge on any atom is -0.301 e. The third-order valence-electron chi connectivity index (χ3n) is 5.06. The van der Waals surface area contributed by atoms with Gasteiger partial charge in [0, 0.05) is 15.8 Å². The molecule has 0 saturated heterocycles. The van der Waals surface area contributed by atoms with Crippen LogP contribution in [0.1, 0.15) is 43.5 Å². The van der Waals surface area contributed by atoms with Gasteiger partial charge in [-0.1, -0.05) is 45.4 Å². The average molecular weight is 326 g/mol. The molecule has 0 amide bonds. The van der Waals surface area contributed by atoms with E-state index < -0.39 is 0 Å². The smallest absolute Gasteiger partial charge is 0.0931 e. The molecule has 1 atom stereocenters. The summed E-state index contributed by atoms with van der Waals surface area (Å²) in [6.45, 7) is 9.38. The van der Waals surface area contributed by atoms with E-state index in [1.807, 2.05) is 6.07 Å². The Morgan fingerprint density at radius 3 is 2.25 bits per heavy atom. The summed E-state index contributed by atoms with van der Waals surface area (Å²) >= 11 is 9.60. The topological polar surface area (TPSA) is 12.0 Å². The number of thiophene rings is 2. The molecule has 20 heavy (non-hydrogen) atoms. The molecule has 0 spiro atoms. The molecule has 1 unspecified atom stereocenters. The molecule has 1 aliphatic carbocycles. The first-order valence-electron chi connectivity index (χ1n) is 6.89. The Labute approximate surface area is 134 Å². The van der Waals surface area contributed by atoms with Gasteiger partial charge in [-0.2, -0.15) is 0 Å². The first-order chi connectivity index (χ1) is 9.34. The van der Waals surface area contributed by atoms with Gasteiger partial charge in [-0.3, -0.25) is 0 Å². The lowest BCUT2D eigenvalue weighted by atomic mass is 10.0. The zero-order valence-electron chi connectivity index (χ0n) is 12.2. The van der Waals surface area contributed by atoms with E-state index in [2.05, 4.69) is 56.6 Å². The Morgan fingerprint density at radius 2 is 1.80 bits per heavy atom. The Hall–Kier alpha value is -0.350. The summed E-state index contributed by atoms with van der Waals surface area (Å²) in [4.78, 5) is 2.66. The third-order valence-corrected chi connectivity index (χ3v) is 7.29. The van der Waals surface area contributed by atoms with Gasteiger partial charge < -0.3 is 5.32 Å². The first-order valence-corrected chi connectivity index (χ1v) is 8.96. The van der Waals surface area contributed by atoms with Crippen LogP contribution in [0.3, 0.4) is 0 Å². The van der Waals surface area contributed by atoms with Gasteiger partial charge in [0.1, 0.15) is 0 Å². The van der Waals surface area contributed by atoms with Crippen molar-refractivity contribution in [2.24, 2.45) is 10.8 Å². The van der Waals surface area contributed by atoms with Gasteiger partial charge in [-0.05, 0) is 34.4 Å². The molecular formula is C16H20ClNS2. The van der Waals surface area contributed by atoms with Gasteiger partial charge in [-0.25, -0.2) is 0 Å². The van der Waals surface area contributed by atoms with Crippen LogP contribution in [0.15, 0.2) is 29.6 Å². The molecule has 1 aliphatic rings. The van der Waals surface area contributed by atoms with Crippen LogP contribution in [0.25, 0.3) is 0 Å². The number of hydrogen-bond donors (Lipinski definition) is 1. The van der Waals surface area contributed by atoms with Gasteiger partial charge in [0.15, 0.2) is 0 Å². The van der Waals surface area contributed by atoms with Gasteiger partial charge in [-0.15, -0.1) is 22.7 Å². The highest BCUT2D eigenvalue weighted by Crippen LogP contribution is 2.63. The van der Waals surface area contributed by atoms with Crippen molar-refractivity contribution in [3.8, 4) is 0 Å². The maximum atomic E-state index is 6.12. The van der Waals surface area contributed by atoms with E-state index in [0.717, 1.165) is 4.34 Å². The molecule has 0 bridgehead atoms. The molecule has 1 saturated carbocycles. The summed E-state index contributed by atoms with van der Waals surface area (Å²) in [5.74, 6) is 0. The summed E-state index contributed by atoms with van der Waals surface area (Å²) in [5.41, 5.74) is 0.674. The fraction of sp³-hybridized carbons (Fsp3) is 0.500. The van der Waals surface area contributed by atoms with Crippen LogP contribution < -0.4 is 5.32 Å². The van der Waals surface area contributed by atoms with E-state index >= 15 is 0 Å². The van der Waals surface area contributed by atoms with Crippen LogP contribution in [0.4, 0.5) is 0 Å². The summed E-state index contributed by atoms with van der Waals surface area (Å²) in [6, 6.07) is 9.26. The van der Waals surface area contributed by atoms with Crippen molar-refractivity contribution in [1.29, 1.82) is 0 Å². The van der Waals surface area contributed by atoms with Gasteiger partial charge in [0.2, 0.25) is 0 Å². The molecule has 108 valence electrons. The maximum Gasteiger partial charge on any atom is 0.0931 e. The highest BCUT2D eigenvalue weighted by molar-refractivity contribution is 7.16. The van der Waals surface area contributed by atoms with E-state index in [1.165, 1.54) is 9.75 Å². The van der Waals surface area contributed by atoms with Crippen molar-refractivity contribution in [2.45, 2.75) is 39.8 Å². The Bertz CT molecular complexity index is 584. The lowest BCUT2D eigenvalue weighted by molar-refractivity contribution is 0.457. The standard InChI is InChI=1S/C16H20ClNS2/c1-15(2)14(16(15,3)4)18-13(10-6-5-9-19-10)11-7-8-12(17)20-11/h5-9,13-14,18H,1-4H3. The van der Waals surface area contributed by atoms with Crippen LogP contribution in [-0.2, 0) is 0 Å². The van der Waals surface area contributed by atoms with Gasteiger partial charge >= 0.3 is 0 Å². The third kappa shape index (κ3) is 2.25. The van der Waals surface area contributed by atoms with Crippen LogP contribution in [0.5, 0.6) is 0 Å². The van der Waals surface area contributed by atoms with Crippen molar-refractivity contribution in [3.63, 3.8) is 0 Å². The second-order valence-corrected chi connectivity index (χ2v) is 9.36. The van der Waals surface area contributed by atoms with Crippen molar-refractivity contribution in [1.82, 2.24) is 5.32 Å². The van der Waals surface area contributed by atoms with Crippen molar-refractivity contribution >= 4 is 34.3 Å². The second-order valence-electron chi connectivity index (χ2n) is 6.63. The molecule has 2 aromatic rings. The lowest BCUT2D eigenvalue weighted by Gasteiger charge is -2.18. The minimum atomic E-state index is 0.263. The van der Waals surface area contributed by atoms with Crippen molar-refractivity contribution in [2.75, 3.05) is 0 Å². The van der Waals surface area contributed by atoms with E-state index in [0.29, 0.717) is 16.9 Å². The van der Waals surface area contributed by atoms with E-state index in [4.69, 9.17) is 11.6 Å². The molecule has 2 heterocycles. The molecule has 1 N–H and O–H groups in total. The van der Waals surface area contributed by atoms with Crippen LogP contribution in [0, 0.1) is 10.8 Å². The van der Waals surface area contributed by atoms with E-state index in [9.17, 15) is 0 Å². The molecule has 0 aliphatic heterocycles. The number of halogens is 1.